The lowest BCUT2D eigenvalue weighted by molar-refractivity contribution is -0.151. The molecule has 16 heteroatoms. The van der Waals surface area contributed by atoms with Crippen LogP contribution in [-0.4, -0.2) is 65.0 Å². The SMILES string of the molecule is CC1(C)CC(Nc2cccc(S(=O)(=O)NC(=O)c3ccc(-n4ccc(OCCC5CC5C(F)(F)F)n4)nc3Cl)n2)CN1. The normalized spacial score (nSPS) is 21.6. The van der Waals surface area contributed by atoms with Gasteiger partial charge < -0.3 is 15.4 Å². The standard InChI is InChI=1S/C26H29ClF3N7O4S/c1-25(2)13-16(14-31-25)32-19-4-3-5-22(33-19)42(39,40)36-24(38)17-6-7-20(34-23(17)27)37-10-8-21(35-37)41-11-9-15-12-18(15)26(28,29)30/h3-8,10,15-16,18,31H,9,11-14H2,1-2H3,(H,32,33)(H,36,38). The second kappa shape index (κ2) is 11.3. The summed E-state index contributed by atoms with van der Waals surface area (Å²) in [5.74, 6) is -1.95. The van der Waals surface area contributed by atoms with Crippen LogP contribution < -0.4 is 20.1 Å². The molecule has 0 spiro atoms. The number of amides is 1. The molecule has 3 aromatic heterocycles. The summed E-state index contributed by atoms with van der Waals surface area (Å²) in [6.45, 7) is 4.93. The molecule has 42 heavy (non-hydrogen) atoms. The summed E-state index contributed by atoms with van der Waals surface area (Å²) < 4.78 is 72.6. The van der Waals surface area contributed by atoms with Crippen molar-refractivity contribution in [1.82, 2.24) is 29.8 Å². The van der Waals surface area contributed by atoms with Gasteiger partial charge in [-0.2, -0.15) is 21.6 Å². The van der Waals surface area contributed by atoms with Crippen molar-refractivity contribution in [3.05, 3.63) is 53.3 Å². The molecule has 2 fully saturated rings. The predicted molar refractivity (Wildman–Crippen MR) is 147 cm³/mol. The van der Waals surface area contributed by atoms with E-state index >= 15 is 0 Å². The minimum Gasteiger partial charge on any atom is -0.477 e. The Hall–Kier alpha value is -3.43. The summed E-state index contributed by atoms with van der Waals surface area (Å²) in [6.07, 6.45) is -1.47. The van der Waals surface area contributed by atoms with Gasteiger partial charge in [0, 0.05) is 30.4 Å². The van der Waals surface area contributed by atoms with Gasteiger partial charge in [-0.25, -0.2) is 19.4 Å². The number of ether oxygens (including phenoxy) is 1. The number of rotatable bonds is 10. The van der Waals surface area contributed by atoms with E-state index in [1.165, 1.54) is 41.2 Å². The maximum Gasteiger partial charge on any atom is 0.392 e. The number of nitrogens with one attached hydrogen (secondary N) is 3. The zero-order chi connectivity index (χ0) is 30.3. The number of pyridine rings is 2. The van der Waals surface area contributed by atoms with Crippen LogP contribution in [0.3, 0.4) is 0 Å². The molecule has 1 saturated heterocycles. The summed E-state index contributed by atoms with van der Waals surface area (Å²) >= 11 is 6.21. The summed E-state index contributed by atoms with van der Waals surface area (Å²) in [4.78, 5) is 21.1. The van der Waals surface area contributed by atoms with E-state index in [-0.39, 0.29) is 58.5 Å². The van der Waals surface area contributed by atoms with Crippen molar-refractivity contribution in [3.63, 3.8) is 0 Å². The summed E-state index contributed by atoms with van der Waals surface area (Å²) in [7, 11) is -4.33. The Morgan fingerprint density at radius 2 is 2.00 bits per heavy atom. The third kappa shape index (κ3) is 7.13. The summed E-state index contributed by atoms with van der Waals surface area (Å²) in [6, 6.07) is 8.72. The number of aromatic nitrogens is 4. The van der Waals surface area contributed by atoms with Crippen molar-refractivity contribution in [1.29, 1.82) is 0 Å². The molecule has 3 N–H and O–H groups in total. The van der Waals surface area contributed by atoms with Gasteiger partial charge in [0.15, 0.2) is 10.8 Å². The molecule has 3 unspecified atom stereocenters. The highest BCUT2D eigenvalue weighted by molar-refractivity contribution is 7.90. The smallest absolute Gasteiger partial charge is 0.392 e. The van der Waals surface area contributed by atoms with Gasteiger partial charge in [0.2, 0.25) is 5.88 Å². The second-order valence-electron chi connectivity index (χ2n) is 11.0. The molecule has 0 bridgehead atoms. The minimum absolute atomic E-state index is 0.0475. The van der Waals surface area contributed by atoms with Crippen LogP contribution in [0.25, 0.3) is 5.82 Å². The highest BCUT2D eigenvalue weighted by Gasteiger charge is 2.55. The number of sulfonamides is 1. The Bertz CT molecular complexity index is 1580. The van der Waals surface area contributed by atoms with E-state index in [1.807, 2.05) is 4.72 Å². The van der Waals surface area contributed by atoms with Crippen LogP contribution in [0.1, 0.15) is 43.5 Å². The molecule has 0 radical (unpaired) electrons. The third-order valence-electron chi connectivity index (χ3n) is 7.12. The highest BCUT2D eigenvalue weighted by atomic mass is 35.5. The van der Waals surface area contributed by atoms with Gasteiger partial charge in [0.05, 0.1) is 18.1 Å². The van der Waals surface area contributed by atoms with Crippen molar-refractivity contribution >= 4 is 33.3 Å². The van der Waals surface area contributed by atoms with E-state index in [1.54, 1.807) is 6.07 Å². The van der Waals surface area contributed by atoms with Crippen LogP contribution >= 0.6 is 11.6 Å². The molecule has 226 valence electrons. The first-order chi connectivity index (χ1) is 19.7. The fourth-order valence-electron chi connectivity index (χ4n) is 4.86. The van der Waals surface area contributed by atoms with Gasteiger partial charge in [-0.1, -0.05) is 17.7 Å². The molecule has 11 nitrogen and oxygen atoms in total. The number of anilines is 1. The number of carbonyl (C=O) groups is 1. The number of hydrogen-bond donors (Lipinski definition) is 3. The van der Waals surface area contributed by atoms with Gasteiger partial charge in [0.1, 0.15) is 11.0 Å². The van der Waals surface area contributed by atoms with E-state index in [0.29, 0.717) is 12.4 Å². The minimum atomic E-state index is -4.33. The van der Waals surface area contributed by atoms with Crippen molar-refractivity contribution in [2.45, 2.75) is 55.9 Å². The first-order valence-corrected chi connectivity index (χ1v) is 15.0. The molecule has 4 heterocycles. The monoisotopic (exact) mass is 627 g/mol. The Morgan fingerprint density at radius 3 is 2.67 bits per heavy atom. The second-order valence-corrected chi connectivity index (χ2v) is 13.0. The van der Waals surface area contributed by atoms with Crippen molar-refractivity contribution in [2.75, 3.05) is 18.5 Å². The lowest BCUT2D eigenvalue weighted by Crippen LogP contribution is -2.32. The van der Waals surface area contributed by atoms with Crippen molar-refractivity contribution < 1.29 is 31.1 Å². The van der Waals surface area contributed by atoms with E-state index in [0.717, 1.165) is 6.42 Å². The van der Waals surface area contributed by atoms with E-state index < -0.39 is 33.9 Å². The number of carbonyl (C=O) groups excluding carboxylic acids is 1. The molecule has 0 aromatic carbocycles. The zero-order valence-electron chi connectivity index (χ0n) is 22.7. The molecule has 2 aliphatic rings. The Kier molecular flexibility index (Phi) is 8.11. The quantitative estimate of drug-likeness (QED) is 0.285. The van der Waals surface area contributed by atoms with Crippen LogP contribution in [0.2, 0.25) is 5.15 Å². The molecule has 1 amide bonds. The molecule has 3 atom stereocenters. The predicted octanol–water partition coefficient (Wildman–Crippen LogP) is 3.95. The van der Waals surface area contributed by atoms with Crippen LogP contribution in [0.4, 0.5) is 19.0 Å². The maximum atomic E-state index is 12.9. The Labute approximate surface area is 245 Å². The fraction of sp³-hybridized carbons (Fsp3) is 0.462. The number of hydrogen-bond acceptors (Lipinski definition) is 9. The topological polar surface area (TPSA) is 140 Å². The molecule has 5 rings (SSSR count). The van der Waals surface area contributed by atoms with Crippen LogP contribution in [0, 0.1) is 11.8 Å². The average Bonchev–Trinajstić information content (AvgIpc) is 3.41. The summed E-state index contributed by atoms with van der Waals surface area (Å²) in [5.41, 5.74) is -0.237. The van der Waals surface area contributed by atoms with Gasteiger partial charge in [0.25, 0.3) is 15.9 Å². The van der Waals surface area contributed by atoms with Gasteiger partial charge >= 0.3 is 6.18 Å². The molecule has 1 aliphatic carbocycles. The first kappa shape index (κ1) is 30.0. The van der Waals surface area contributed by atoms with E-state index in [2.05, 4.69) is 39.5 Å². The fourth-order valence-corrected chi connectivity index (χ4v) is 6.03. The molecule has 1 aliphatic heterocycles. The molecule has 3 aromatic rings. The lowest BCUT2D eigenvalue weighted by Gasteiger charge is -2.18. The number of halogens is 4. The van der Waals surface area contributed by atoms with Gasteiger partial charge in [-0.15, -0.1) is 5.10 Å². The molecular formula is C26H29ClF3N7O4S. The third-order valence-corrected chi connectivity index (χ3v) is 8.64. The van der Waals surface area contributed by atoms with Crippen molar-refractivity contribution in [3.8, 4) is 11.7 Å². The molecular weight excluding hydrogens is 599 g/mol. The van der Waals surface area contributed by atoms with Crippen molar-refractivity contribution in [2.24, 2.45) is 11.8 Å². The number of alkyl halides is 3. The van der Waals surface area contributed by atoms with Gasteiger partial charge in [-0.3, -0.25) is 4.79 Å². The Balaban J connectivity index is 1.18. The largest absolute Gasteiger partial charge is 0.477 e. The van der Waals surface area contributed by atoms with Crippen LogP contribution in [-0.2, 0) is 10.0 Å². The highest BCUT2D eigenvalue weighted by Crippen LogP contribution is 2.51. The molecule has 1 saturated carbocycles. The zero-order valence-corrected chi connectivity index (χ0v) is 24.2. The van der Waals surface area contributed by atoms with E-state index in [9.17, 15) is 26.4 Å². The number of nitrogens with zero attached hydrogens (tertiary/aromatic N) is 4. The van der Waals surface area contributed by atoms with Crippen LogP contribution in [0.5, 0.6) is 5.88 Å². The average molecular weight is 628 g/mol. The van der Waals surface area contributed by atoms with Gasteiger partial charge in [-0.05, 0) is 63.3 Å². The summed E-state index contributed by atoms with van der Waals surface area (Å²) in [5, 5.41) is 10.1. The maximum absolute atomic E-state index is 12.9. The Morgan fingerprint density at radius 1 is 1.21 bits per heavy atom. The van der Waals surface area contributed by atoms with E-state index in [4.69, 9.17) is 16.3 Å². The van der Waals surface area contributed by atoms with Crippen LogP contribution in [0.15, 0.2) is 47.6 Å². The first-order valence-electron chi connectivity index (χ1n) is 13.2. The lowest BCUT2D eigenvalue weighted by atomic mass is 10.0.